The van der Waals surface area contributed by atoms with Crippen molar-refractivity contribution >= 4 is 73.7 Å². The van der Waals surface area contributed by atoms with Gasteiger partial charge in [0.05, 0.1) is 25.8 Å². The van der Waals surface area contributed by atoms with E-state index in [-0.39, 0.29) is 30.8 Å². The third-order valence-electron chi connectivity index (χ3n) is 2.55. The number of halogens is 5. The maximum absolute atomic E-state index is 12.4. The fourth-order valence-electron chi connectivity index (χ4n) is 1.58. The van der Waals surface area contributed by atoms with Crippen molar-refractivity contribution in [1.29, 1.82) is 0 Å². The van der Waals surface area contributed by atoms with Crippen molar-refractivity contribution in [2.75, 3.05) is 4.72 Å². The highest BCUT2D eigenvalue weighted by Crippen LogP contribution is 2.42. The first-order valence-electron chi connectivity index (χ1n) is 5.48. The van der Waals surface area contributed by atoms with Crippen LogP contribution >= 0.6 is 58.0 Å². The van der Waals surface area contributed by atoms with Crippen molar-refractivity contribution in [3.8, 4) is 5.75 Å². The van der Waals surface area contributed by atoms with E-state index in [4.69, 9.17) is 58.0 Å². The van der Waals surface area contributed by atoms with Gasteiger partial charge in [-0.05, 0) is 24.3 Å². The van der Waals surface area contributed by atoms with Crippen LogP contribution in [0.2, 0.25) is 25.1 Å². The van der Waals surface area contributed by atoms with Crippen molar-refractivity contribution in [1.82, 2.24) is 0 Å². The highest BCUT2D eigenvalue weighted by atomic mass is 35.5. The molecule has 2 rings (SSSR count). The maximum atomic E-state index is 12.4. The van der Waals surface area contributed by atoms with E-state index < -0.39 is 20.7 Å². The first kappa shape index (κ1) is 17.8. The van der Waals surface area contributed by atoms with Crippen molar-refractivity contribution < 1.29 is 13.5 Å². The van der Waals surface area contributed by atoms with E-state index in [1.165, 1.54) is 18.2 Å². The van der Waals surface area contributed by atoms with Crippen molar-refractivity contribution in [2.45, 2.75) is 4.90 Å². The van der Waals surface area contributed by atoms with E-state index in [1.807, 2.05) is 0 Å². The zero-order valence-electron chi connectivity index (χ0n) is 10.4. The number of hydrogen-bond acceptors (Lipinski definition) is 3. The predicted octanol–water partition coefficient (Wildman–Crippen LogP) is 5.46. The second kappa shape index (κ2) is 6.51. The monoisotopic (exact) mass is 419 g/mol. The molecule has 4 nitrogen and oxygen atoms in total. The van der Waals surface area contributed by atoms with Gasteiger partial charge in [0.1, 0.15) is 0 Å². The molecule has 0 aliphatic heterocycles. The summed E-state index contributed by atoms with van der Waals surface area (Å²) < 4.78 is 27.0. The molecule has 0 amide bonds. The molecular weight excluding hydrogens is 415 g/mol. The number of phenolic OH excluding ortho intramolecular Hbond substituents is 1. The smallest absolute Gasteiger partial charge is 0.267 e. The predicted molar refractivity (Wildman–Crippen MR) is 90.4 cm³/mol. The van der Waals surface area contributed by atoms with Crippen LogP contribution in [0.25, 0.3) is 0 Å². The van der Waals surface area contributed by atoms with Gasteiger partial charge in [0.25, 0.3) is 10.0 Å². The summed E-state index contributed by atoms with van der Waals surface area (Å²) in [6.07, 6.45) is 0. The molecule has 0 atom stereocenters. The molecule has 0 fully saturated rings. The molecule has 0 bridgehead atoms. The normalized spacial score (nSPS) is 11.5. The Morgan fingerprint density at radius 2 is 1.55 bits per heavy atom. The first-order valence-corrected chi connectivity index (χ1v) is 8.85. The molecule has 0 saturated heterocycles. The Bertz CT molecular complexity index is 828. The summed E-state index contributed by atoms with van der Waals surface area (Å²) in [6.45, 7) is 0. The van der Waals surface area contributed by atoms with Gasteiger partial charge in [0, 0.05) is 5.02 Å². The number of phenols is 1. The molecule has 0 heterocycles. The van der Waals surface area contributed by atoms with E-state index in [9.17, 15) is 13.5 Å². The standard InChI is InChI=1S/C12H6Cl5NO3S/c13-5-1-2-6(14)9(3-5)18-22(20,21)12-10(17)7(15)4-8(16)11(12)19/h1-4,18-19H. The number of sulfonamides is 1. The molecule has 118 valence electrons. The Hall–Kier alpha value is -0.560. The average molecular weight is 422 g/mol. The van der Waals surface area contributed by atoms with Crippen LogP contribution in [0.1, 0.15) is 0 Å². The van der Waals surface area contributed by atoms with Gasteiger partial charge in [-0.25, -0.2) is 8.42 Å². The minimum atomic E-state index is -4.30. The second-order valence-corrected chi connectivity index (χ2v) is 7.72. The topological polar surface area (TPSA) is 66.4 Å². The van der Waals surface area contributed by atoms with Crippen LogP contribution in [0, 0.1) is 0 Å². The Kier molecular flexibility index (Phi) is 5.27. The molecule has 0 aromatic heterocycles. The lowest BCUT2D eigenvalue weighted by Crippen LogP contribution is -2.14. The third kappa shape index (κ3) is 3.50. The molecule has 2 aromatic rings. The van der Waals surface area contributed by atoms with E-state index in [2.05, 4.69) is 4.72 Å². The van der Waals surface area contributed by atoms with Gasteiger partial charge in [0.2, 0.25) is 0 Å². The third-order valence-corrected chi connectivity index (χ3v) is 5.72. The van der Waals surface area contributed by atoms with Crippen LogP contribution < -0.4 is 4.72 Å². The highest BCUT2D eigenvalue weighted by Gasteiger charge is 2.27. The van der Waals surface area contributed by atoms with Crippen LogP contribution in [-0.2, 0) is 10.0 Å². The number of hydrogen-bond donors (Lipinski definition) is 2. The van der Waals surface area contributed by atoms with Crippen LogP contribution in [-0.4, -0.2) is 13.5 Å². The molecule has 10 heteroatoms. The van der Waals surface area contributed by atoms with Gasteiger partial charge in [-0.1, -0.05) is 58.0 Å². The lowest BCUT2D eigenvalue weighted by Gasteiger charge is -2.14. The summed E-state index contributed by atoms with van der Waals surface area (Å²) in [6, 6.07) is 5.33. The number of anilines is 1. The van der Waals surface area contributed by atoms with Gasteiger partial charge in [-0.3, -0.25) is 4.72 Å². The molecule has 0 radical (unpaired) electrons. The van der Waals surface area contributed by atoms with E-state index in [1.54, 1.807) is 0 Å². The zero-order chi connectivity index (χ0) is 16.7. The second-order valence-electron chi connectivity index (χ2n) is 4.06. The Balaban J connectivity index is 2.59. The summed E-state index contributed by atoms with van der Waals surface area (Å²) in [7, 11) is -4.30. The van der Waals surface area contributed by atoms with Crippen LogP contribution in [0.5, 0.6) is 5.75 Å². The molecule has 2 aromatic carbocycles. The van der Waals surface area contributed by atoms with E-state index in [0.29, 0.717) is 0 Å². The van der Waals surface area contributed by atoms with Crippen molar-refractivity contribution in [3.05, 3.63) is 49.4 Å². The minimum Gasteiger partial charge on any atom is -0.505 e. The molecule has 0 aliphatic rings. The van der Waals surface area contributed by atoms with E-state index >= 15 is 0 Å². The number of rotatable bonds is 3. The van der Waals surface area contributed by atoms with E-state index in [0.717, 1.165) is 6.07 Å². The summed E-state index contributed by atoms with van der Waals surface area (Å²) in [5, 5.41) is 9.51. The van der Waals surface area contributed by atoms with Gasteiger partial charge >= 0.3 is 0 Å². The van der Waals surface area contributed by atoms with Gasteiger partial charge < -0.3 is 5.11 Å². The molecule has 0 aliphatic carbocycles. The van der Waals surface area contributed by atoms with Crippen molar-refractivity contribution in [2.24, 2.45) is 0 Å². The van der Waals surface area contributed by atoms with Gasteiger partial charge in [-0.15, -0.1) is 0 Å². The van der Waals surface area contributed by atoms with Crippen LogP contribution in [0.3, 0.4) is 0 Å². The first-order chi connectivity index (χ1) is 10.1. The van der Waals surface area contributed by atoms with Gasteiger partial charge in [0.15, 0.2) is 10.6 Å². The summed E-state index contributed by atoms with van der Waals surface area (Å²) in [5.74, 6) is -0.721. The maximum Gasteiger partial charge on any atom is 0.267 e. The number of nitrogens with one attached hydrogen (secondary N) is 1. The Morgan fingerprint density at radius 1 is 0.909 bits per heavy atom. The lowest BCUT2D eigenvalue weighted by atomic mass is 10.3. The summed E-state index contributed by atoms with van der Waals surface area (Å²) in [5.41, 5.74) is 0.0146. The summed E-state index contributed by atoms with van der Waals surface area (Å²) in [4.78, 5) is -0.650. The Labute approximate surface area is 151 Å². The Morgan fingerprint density at radius 3 is 2.18 bits per heavy atom. The largest absolute Gasteiger partial charge is 0.505 e. The fraction of sp³-hybridized carbons (Fsp3) is 0. The number of benzene rings is 2. The molecular formula is C12H6Cl5NO3S. The SMILES string of the molecule is O=S(=O)(Nc1cc(Cl)ccc1Cl)c1c(O)c(Cl)cc(Cl)c1Cl. The van der Waals surface area contributed by atoms with Gasteiger partial charge in [-0.2, -0.15) is 0 Å². The van der Waals surface area contributed by atoms with Crippen LogP contribution in [0.4, 0.5) is 5.69 Å². The number of aromatic hydroxyl groups is 1. The molecule has 0 saturated carbocycles. The molecule has 0 unspecified atom stereocenters. The highest BCUT2D eigenvalue weighted by molar-refractivity contribution is 7.93. The molecule has 2 N–H and O–H groups in total. The minimum absolute atomic E-state index is 0.0146. The zero-order valence-corrected chi connectivity index (χ0v) is 15.0. The van der Waals surface area contributed by atoms with Crippen molar-refractivity contribution in [3.63, 3.8) is 0 Å². The fourth-order valence-corrected chi connectivity index (χ4v) is 4.27. The molecule has 22 heavy (non-hydrogen) atoms. The lowest BCUT2D eigenvalue weighted by molar-refractivity contribution is 0.459. The summed E-state index contributed by atoms with van der Waals surface area (Å²) >= 11 is 29.1. The average Bonchev–Trinajstić information content (AvgIpc) is 2.40. The van der Waals surface area contributed by atoms with Crippen LogP contribution in [0.15, 0.2) is 29.2 Å². The quantitative estimate of drug-likeness (QED) is 0.647. The molecule has 0 spiro atoms.